The second-order valence-electron chi connectivity index (χ2n) is 7.68. The number of nitrogens with zero attached hydrogens (tertiary/aromatic N) is 1. The summed E-state index contributed by atoms with van der Waals surface area (Å²) in [6, 6.07) is 21.2. The van der Waals surface area contributed by atoms with Gasteiger partial charge in [-0.1, -0.05) is 37.3 Å². The van der Waals surface area contributed by atoms with Gasteiger partial charge in [0, 0.05) is 15.8 Å². The van der Waals surface area contributed by atoms with Crippen molar-refractivity contribution in [2.24, 2.45) is 5.92 Å². The number of halogens is 1. The van der Waals surface area contributed by atoms with E-state index in [0.717, 1.165) is 22.9 Å². The van der Waals surface area contributed by atoms with E-state index in [1.807, 2.05) is 23.5 Å². The highest BCUT2D eigenvalue weighted by molar-refractivity contribution is 7.19. The van der Waals surface area contributed by atoms with Gasteiger partial charge in [-0.25, -0.2) is 4.98 Å². The zero-order valence-electron chi connectivity index (χ0n) is 16.6. The van der Waals surface area contributed by atoms with Crippen LogP contribution in [-0.2, 0) is 12.8 Å². The molecule has 0 amide bonds. The van der Waals surface area contributed by atoms with Crippen LogP contribution >= 0.6 is 23.7 Å². The largest absolute Gasteiger partial charge is 0.497 e. The first kappa shape index (κ1) is 19.9. The van der Waals surface area contributed by atoms with Crippen molar-refractivity contribution < 1.29 is 4.74 Å². The Hall–Kier alpha value is -2.36. The van der Waals surface area contributed by atoms with Crippen molar-refractivity contribution in [3.8, 4) is 28.1 Å². The average Bonchev–Trinajstić information content (AvgIpc) is 3.11. The first-order chi connectivity index (χ1) is 13.7. The number of hydrogen-bond acceptors (Lipinski definition) is 3. The molecule has 2 heterocycles. The molecule has 2 aromatic heterocycles. The van der Waals surface area contributed by atoms with E-state index in [0.29, 0.717) is 0 Å². The minimum Gasteiger partial charge on any atom is -0.497 e. The van der Waals surface area contributed by atoms with Crippen LogP contribution in [0.5, 0.6) is 5.75 Å². The molecule has 0 saturated heterocycles. The minimum absolute atomic E-state index is 0. The lowest BCUT2D eigenvalue weighted by Crippen LogP contribution is -2.08. The highest BCUT2D eigenvalue weighted by Crippen LogP contribution is 2.43. The predicted molar refractivity (Wildman–Crippen MR) is 125 cm³/mol. The fourth-order valence-corrected chi connectivity index (χ4v) is 5.61. The summed E-state index contributed by atoms with van der Waals surface area (Å²) in [7, 11) is 1.70. The molecule has 0 N–H and O–H groups in total. The van der Waals surface area contributed by atoms with E-state index in [1.165, 1.54) is 51.0 Å². The summed E-state index contributed by atoms with van der Waals surface area (Å²) >= 11 is 1.89. The van der Waals surface area contributed by atoms with Crippen molar-refractivity contribution in [3.63, 3.8) is 0 Å². The molecule has 5 rings (SSSR count). The number of aryl methyl sites for hydroxylation is 1. The van der Waals surface area contributed by atoms with Gasteiger partial charge < -0.3 is 4.74 Å². The molecule has 148 valence electrons. The smallest absolute Gasteiger partial charge is 0.125 e. The average molecular weight is 422 g/mol. The Morgan fingerprint density at radius 2 is 1.76 bits per heavy atom. The lowest BCUT2D eigenvalue weighted by molar-refractivity contribution is 0.415. The van der Waals surface area contributed by atoms with Gasteiger partial charge in [-0.05, 0) is 72.2 Å². The summed E-state index contributed by atoms with van der Waals surface area (Å²) in [5.74, 6) is 1.63. The predicted octanol–water partition coefficient (Wildman–Crippen LogP) is 7.19. The Balaban J connectivity index is 0.00000205. The number of hydrogen-bond donors (Lipinski definition) is 0. The molecule has 0 bridgehead atoms. The standard InChI is InChI=1S/C25H23NOS.ClH/c1-16-8-13-20-23(14-16)28-25-24(20)21(17-6-4-3-5-7-17)15-22(26-25)18-9-11-19(27-2)12-10-18;/h3-7,9-12,15-16H,8,13-14H2,1-2H3;1H. The second kappa shape index (κ2) is 8.17. The lowest BCUT2D eigenvalue weighted by Gasteiger charge is -2.18. The summed E-state index contributed by atoms with van der Waals surface area (Å²) in [6.07, 6.45) is 3.62. The van der Waals surface area contributed by atoms with Crippen molar-refractivity contribution in [1.82, 2.24) is 4.98 Å². The van der Waals surface area contributed by atoms with E-state index in [2.05, 4.69) is 55.5 Å². The lowest BCUT2D eigenvalue weighted by atomic mass is 9.87. The molecule has 0 saturated carbocycles. The third-order valence-electron chi connectivity index (χ3n) is 5.74. The van der Waals surface area contributed by atoms with Gasteiger partial charge in [0.15, 0.2) is 0 Å². The summed E-state index contributed by atoms with van der Waals surface area (Å²) in [4.78, 5) is 7.80. The molecule has 1 unspecified atom stereocenters. The quantitative estimate of drug-likeness (QED) is 0.349. The van der Waals surface area contributed by atoms with Crippen LogP contribution in [0.4, 0.5) is 0 Å². The van der Waals surface area contributed by atoms with Gasteiger partial charge in [0.05, 0.1) is 12.8 Å². The van der Waals surface area contributed by atoms with Crippen LogP contribution in [-0.4, -0.2) is 12.1 Å². The number of thiophene rings is 1. The first-order valence-electron chi connectivity index (χ1n) is 9.88. The number of ether oxygens (including phenoxy) is 1. The van der Waals surface area contributed by atoms with Gasteiger partial charge in [-0.2, -0.15) is 0 Å². The molecule has 0 aliphatic heterocycles. The van der Waals surface area contributed by atoms with Crippen molar-refractivity contribution in [3.05, 3.63) is 71.1 Å². The number of aromatic nitrogens is 1. The highest BCUT2D eigenvalue weighted by atomic mass is 35.5. The van der Waals surface area contributed by atoms with Crippen molar-refractivity contribution >= 4 is 34.0 Å². The van der Waals surface area contributed by atoms with Crippen molar-refractivity contribution in [2.45, 2.75) is 26.2 Å². The van der Waals surface area contributed by atoms with E-state index < -0.39 is 0 Å². The fourth-order valence-electron chi connectivity index (χ4n) is 4.20. The summed E-state index contributed by atoms with van der Waals surface area (Å²) in [6.45, 7) is 2.36. The number of methoxy groups -OCH3 is 1. The van der Waals surface area contributed by atoms with E-state index in [1.54, 1.807) is 7.11 Å². The van der Waals surface area contributed by atoms with Gasteiger partial charge in [0.25, 0.3) is 0 Å². The highest BCUT2D eigenvalue weighted by Gasteiger charge is 2.23. The van der Waals surface area contributed by atoms with E-state index in [4.69, 9.17) is 9.72 Å². The molecule has 0 radical (unpaired) electrons. The number of pyridine rings is 1. The fraction of sp³-hybridized carbons (Fsp3) is 0.240. The summed E-state index contributed by atoms with van der Waals surface area (Å²) < 4.78 is 5.32. The monoisotopic (exact) mass is 421 g/mol. The van der Waals surface area contributed by atoms with Gasteiger partial charge in [0.1, 0.15) is 10.6 Å². The van der Waals surface area contributed by atoms with Gasteiger partial charge in [0.2, 0.25) is 0 Å². The Kier molecular flexibility index (Phi) is 5.62. The Morgan fingerprint density at radius 3 is 2.48 bits per heavy atom. The maximum Gasteiger partial charge on any atom is 0.125 e. The maximum absolute atomic E-state index is 5.32. The Morgan fingerprint density at radius 1 is 1.00 bits per heavy atom. The molecule has 2 nitrogen and oxygen atoms in total. The topological polar surface area (TPSA) is 22.1 Å². The minimum atomic E-state index is 0. The Bertz CT molecular complexity index is 1140. The second-order valence-corrected chi connectivity index (χ2v) is 8.77. The van der Waals surface area contributed by atoms with Crippen LogP contribution in [0, 0.1) is 5.92 Å². The molecule has 4 heteroatoms. The third-order valence-corrected chi connectivity index (χ3v) is 6.88. The number of rotatable bonds is 3. The van der Waals surface area contributed by atoms with Crippen LogP contribution in [0.3, 0.4) is 0 Å². The van der Waals surface area contributed by atoms with Crippen LogP contribution in [0.1, 0.15) is 23.8 Å². The number of benzene rings is 2. The van der Waals surface area contributed by atoms with Crippen LogP contribution in [0.25, 0.3) is 32.6 Å². The molecule has 4 aromatic rings. The number of fused-ring (bicyclic) bond motifs is 3. The SMILES string of the molecule is COc1ccc(-c2cc(-c3ccccc3)c3c4c(sc3n2)CC(C)CC4)cc1.Cl. The zero-order valence-corrected chi connectivity index (χ0v) is 18.3. The molecular weight excluding hydrogens is 398 g/mol. The van der Waals surface area contributed by atoms with Gasteiger partial charge in [-0.15, -0.1) is 23.7 Å². The van der Waals surface area contributed by atoms with Crippen LogP contribution < -0.4 is 4.74 Å². The summed E-state index contributed by atoms with van der Waals surface area (Å²) in [5, 5.41) is 1.37. The summed E-state index contributed by atoms with van der Waals surface area (Å²) in [5.41, 5.74) is 6.26. The van der Waals surface area contributed by atoms with Crippen molar-refractivity contribution in [1.29, 1.82) is 0 Å². The van der Waals surface area contributed by atoms with Gasteiger partial charge >= 0.3 is 0 Å². The van der Waals surface area contributed by atoms with E-state index >= 15 is 0 Å². The molecule has 2 aromatic carbocycles. The molecular formula is C25H24ClNOS. The molecule has 0 fully saturated rings. The molecule has 29 heavy (non-hydrogen) atoms. The van der Waals surface area contributed by atoms with Crippen LogP contribution in [0.15, 0.2) is 60.7 Å². The third kappa shape index (κ3) is 3.65. The van der Waals surface area contributed by atoms with E-state index in [-0.39, 0.29) is 12.4 Å². The normalized spacial score (nSPS) is 15.6. The van der Waals surface area contributed by atoms with E-state index in [9.17, 15) is 0 Å². The van der Waals surface area contributed by atoms with Gasteiger partial charge in [-0.3, -0.25) is 0 Å². The zero-order chi connectivity index (χ0) is 19.1. The molecule has 1 aliphatic carbocycles. The maximum atomic E-state index is 5.32. The van der Waals surface area contributed by atoms with Crippen molar-refractivity contribution in [2.75, 3.05) is 7.11 Å². The first-order valence-corrected chi connectivity index (χ1v) is 10.7. The Labute approximate surface area is 182 Å². The molecule has 0 spiro atoms. The molecule has 1 atom stereocenters. The molecule has 1 aliphatic rings. The van der Waals surface area contributed by atoms with Crippen LogP contribution in [0.2, 0.25) is 0 Å².